The van der Waals surface area contributed by atoms with E-state index >= 15 is 0 Å². The number of aromatic nitrogens is 2. The van der Waals surface area contributed by atoms with E-state index in [0.29, 0.717) is 18.4 Å². The van der Waals surface area contributed by atoms with Crippen molar-refractivity contribution in [1.82, 2.24) is 10.2 Å². The van der Waals surface area contributed by atoms with Gasteiger partial charge in [0.05, 0.1) is 16.9 Å². The fourth-order valence-corrected chi connectivity index (χ4v) is 3.29. The van der Waals surface area contributed by atoms with E-state index in [0.717, 1.165) is 31.7 Å². The smallest absolute Gasteiger partial charge is 0.416 e. The predicted molar refractivity (Wildman–Crippen MR) is 90.8 cm³/mol. The van der Waals surface area contributed by atoms with Crippen LogP contribution in [0.1, 0.15) is 36.8 Å². The molecular formula is C18H20F3N3O2. The number of benzene rings is 1. The molecule has 1 fully saturated rings. The van der Waals surface area contributed by atoms with E-state index in [1.165, 1.54) is 6.92 Å². The monoisotopic (exact) mass is 367 g/mol. The molecule has 1 aliphatic carbocycles. The van der Waals surface area contributed by atoms with Gasteiger partial charge in [0.15, 0.2) is 0 Å². The summed E-state index contributed by atoms with van der Waals surface area (Å²) in [4.78, 5) is 0. The van der Waals surface area contributed by atoms with Crippen LogP contribution in [0.3, 0.4) is 0 Å². The van der Waals surface area contributed by atoms with Crippen LogP contribution in [-0.2, 0) is 6.18 Å². The first-order valence-corrected chi connectivity index (χ1v) is 8.39. The Morgan fingerprint density at radius 3 is 2.38 bits per heavy atom. The zero-order valence-corrected chi connectivity index (χ0v) is 14.3. The highest BCUT2D eigenvalue weighted by atomic mass is 19.4. The van der Waals surface area contributed by atoms with Crippen molar-refractivity contribution in [3.63, 3.8) is 0 Å². The van der Waals surface area contributed by atoms with Crippen molar-refractivity contribution in [2.24, 2.45) is 0 Å². The Kier molecular flexibility index (Phi) is 4.79. The summed E-state index contributed by atoms with van der Waals surface area (Å²) in [5, 5.41) is 31.4. The molecule has 1 aromatic heterocycles. The molecule has 3 rings (SSSR count). The second kappa shape index (κ2) is 6.75. The lowest BCUT2D eigenvalue weighted by atomic mass is 10.0. The number of anilines is 1. The van der Waals surface area contributed by atoms with Crippen LogP contribution in [-0.4, -0.2) is 32.6 Å². The van der Waals surface area contributed by atoms with Gasteiger partial charge in [-0.05, 0) is 49.6 Å². The Labute approximate surface area is 148 Å². The maximum absolute atomic E-state index is 12.8. The minimum absolute atomic E-state index is 0.214. The zero-order valence-electron chi connectivity index (χ0n) is 14.3. The summed E-state index contributed by atoms with van der Waals surface area (Å²) >= 11 is 0. The molecule has 0 saturated heterocycles. The highest BCUT2D eigenvalue weighted by Gasteiger charge is 2.32. The SMILES string of the molecule is Cc1cc(C(F)(F)F)cc(O)c1-c1ccc(NCC2(O)CCCC2)nn1. The molecule has 1 aliphatic rings. The molecule has 0 amide bonds. The predicted octanol–water partition coefficient (Wildman–Crippen LogP) is 3.89. The molecule has 1 aromatic carbocycles. The van der Waals surface area contributed by atoms with Crippen molar-refractivity contribution in [2.45, 2.75) is 44.4 Å². The first kappa shape index (κ1) is 18.4. The molecule has 0 spiro atoms. The molecule has 8 heteroatoms. The summed E-state index contributed by atoms with van der Waals surface area (Å²) in [6, 6.07) is 4.85. The van der Waals surface area contributed by atoms with Gasteiger partial charge in [0, 0.05) is 12.1 Å². The number of phenols is 1. The third kappa shape index (κ3) is 3.90. The highest BCUT2D eigenvalue weighted by Crippen LogP contribution is 2.38. The largest absolute Gasteiger partial charge is 0.507 e. The Balaban J connectivity index is 1.78. The summed E-state index contributed by atoms with van der Waals surface area (Å²) in [6.07, 6.45) is -1.06. The Bertz CT molecular complexity index is 762. The molecule has 1 saturated carbocycles. The number of hydrogen-bond donors (Lipinski definition) is 3. The first-order valence-electron chi connectivity index (χ1n) is 8.39. The molecule has 0 radical (unpaired) electrons. The molecule has 0 atom stereocenters. The minimum atomic E-state index is -4.53. The van der Waals surface area contributed by atoms with Gasteiger partial charge in [0.1, 0.15) is 11.6 Å². The molecule has 3 N–H and O–H groups in total. The third-order valence-corrected chi connectivity index (χ3v) is 4.70. The maximum Gasteiger partial charge on any atom is 0.416 e. The topological polar surface area (TPSA) is 78.3 Å². The van der Waals surface area contributed by atoms with Gasteiger partial charge in [0.25, 0.3) is 0 Å². The fourth-order valence-electron chi connectivity index (χ4n) is 3.29. The van der Waals surface area contributed by atoms with Crippen LogP contribution in [0.2, 0.25) is 0 Å². The Morgan fingerprint density at radius 1 is 1.15 bits per heavy atom. The van der Waals surface area contributed by atoms with Gasteiger partial charge in [-0.1, -0.05) is 12.8 Å². The van der Waals surface area contributed by atoms with E-state index in [9.17, 15) is 23.4 Å². The van der Waals surface area contributed by atoms with Crippen LogP contribution in [0.5, 0.6) is 5.75 Å². The van der Waals surface area contributed by atoms with E-state index in [4.69, 9.17) is 0 Å². The van der Waals surface area contributed by atoms with Gasteiger partial charge in [0.2, 0.25) is 0 Å². The molecular weight excluding hydrogens is 347 g/mol. The minimum Gasteiger partial charge on any atom is -0.507 e. The van der Waals surface area contributed by atoms with E-state index in [1.54, 1.807) is 12.1 Å². The highest BCUT2D eigenvalue weighted by molar-refractivity contribution is 5.71. The number of aryl methyl sites for hydroxylation is 1. The van der Waals surface area contributed by atoms with Crippen LogP contribution in [0.4, 0.5) is 19.0 Å². The fraction of sp³-hybridized carbons (Fsp3) is 0.444. The molecule has 0 bridgehead atoms. The van der Waals surface area contributed by atoms with E-state index in [-0.39, 0.29) is 16.8 Å². The molecule has 0 aliphatic heterocycles. The number of aliphatic hydroxyl groups is 1. The van der Waals surface area contributed by atoms with Crippen molar-refractivity contribution in [3.8, 4) is 17.0 Å². The van der Waals surface area contributed by atoms with Gasteiger partial charge < -0.3 is 15.5 Å². The quantitative estimate of drug-likeness (QED) is 0.764. The number of halogens is 3. The number of aromatic hydroxyl groups is 1. The van der Waals surface area contributed by atoms with Crippen molar-refractivity contribution in [2.75, 3.05) is 11.9 Å². The molecule has 2 aromatic rings. The van der Waals surface area contributed by atoms with E-state index in [1.807, 2.05) is 0 Å². The molecule has 1 heterocycles. The lowest BCUT2D eigenvalue weighted by Gasteiger charge is -2.22. The standard InChI is InChI=1S/C18H20F3N3O2/c1-11-8-12(18(19,20)21)9-14(25)16(11)13-4-5-15(24-23-13)22-10-17(26)6-2-3-7-17/h4-5,8-9,25-26H,2-3,6-7,10H2,1H3,(H,22,24). The first-order chi connectivity index (χ1) is 12.2. The number of phenolic OH excluding ortho intramolecular Hbond substituents is 1. The number of nitrogens with zero attached hydrogens (tertiary/aromatic N) is 2. The number of alkyl halides is 3. The van der Waals surface area contributed by atoms with Crippen LogP contribution < -0.4 is 5.32 Å². The average Bonchev–Trinajstić information content (AvgIpc) is 3.00. The number of nitrogens with one attached hydrogen (secondary N) is 1. The van der Waals surface area contributed by atoms with Gasteiger partial charge in [-0.3, -0.25) is 0 Å². The number of hydrogen-bond acceptors (Lipinski definition) is 5. The van der Waals surface area contributed by atoms with Crippen LogP contribution in [0.15, 0.2) is 24.3 Å². The lowest BCUT2D eigenvalue weighted by Crippen LogP contribution is -2.33. The van der Waals surface area contributed by atoms with Crippen LogP contribution in [0.25, 0.3) is 11.3 Å². The second-order valence-electron chi connectivity index (χ2n) is 6.77. The lowest BCUT2D eigenvalue weighted by molar-refractivity contribution is -0.137. The summed E-state index contributed by atoms with van der Waals surface area (Å²) in [5.41, 5.74) is -0.895. The van der Waals surface area contributed by atoms with E-state index < -0.39 is 23.1 Å². The van der Waals surface area contributed by atoms with Gasteiger partial charge in [-0.15, -0.1) is 10.2 Å². The Hall–Kier alpha value is -2.35. The average molecular weight is 367 g/mol. The third-order valence-electron chi connectivity index (χ3n) is 4.70. The number of rotatable bonds is 4. The normalized spacial score (nSPS) is 16.7. The molecule has 5 nitrogen and oxygen atoms in total. The van der Waals surface area contributed by atoms with Crippen LogP contribution >= 0.6 is 0 Å². The van der Waals surface area contributed by atoms with Crippen LogP contribution in [0, 0.1) is 6.92 Å². The van der Waals surface area contributed by atoms with Crippen molar-refractivity contribution in [1.29, 1.82) is 0 Å². The zero-order chi connectivity index (χ0) is 18.9. The molecule has 0 unspecified atom stereocenters. The maximum atomic E-state index is 12.8. The van der Waals surface area contributed by atoms with Crippen molar-refractivity contribution >= 4 is 5.82 Å². The van der Waals surface area contributed by atoms with Gasteiger partial charge in [-0.25, -0.2) is 0 Å². The van der Waals surface area contributed by atoms with Crippen molar-refractivity contribution in [3.05, 3.63) is 35.4 Å². The molecule has 140 valence electrons. The van der Waals surface area contributed by atoms with Gasteiger partial charge >= 0.3 is 6.18 Å². The van der Waals surface area contributed by atoms with Gasteiger partial charge in [-0.2, -0.15) is 13.2 Å². The summed E-state index contributed by atoms with van der Waals surface area (Å²) in [6.45, 7) is 1.85. The second-order valence-corrected chi connectivity index (χ2v) is 6.77. The Morgan fingerprint density at radius 2 is 1.85 bits per heavy atom. The summed E-state index contributed by atoms with van der Waals surface area (Å²) in [7, 11) is 0. The molecule has 26 heavy (non-hydrogen) atoms. The van der Waals surface area contributed by atoms with Crippen molar-refractivity contribution < 1.29 is 23.4 Å². The summed E-state index contributed by atoms with van der Waals surface area (Å²) in [5.74, 6) is -0.0364. The summed E-state index contributed by atoms with van der Waals surface area (Å²) < 4.78 is 38.4. The van der Waals surface area contributed by atoms with E-state index in [2.05, 4.69) is 15.5 Å².